The molecule has 1 aliphatic heterocycles. The lowest BCUT2D eigenvalue weighted by atomic mass is 10.2. The van der Waals surface area contributed by atoms with Crippen LogP contribution in [-0.2, 0) is 15.8 Å². The molecule has 2 aliphatic rings. The molecule has 1 atom stereocenters. The zero-order valence-corrected chi connectivity index (χ0v) is 14.7. The van der Waals surface area contributed by atoms with Gasteiger partial charge in [0, 0.05) is 30.2 Å². The van der Waals surface area contributed by atoms with Crippen LogP contribution in [0.4, 0.5) is 0 Å². The van der Waals surface area contributed by atoms with Gasteiger partial charge in [-0.2, -0.15) is 4.31 Å². The summed E-state index contributed by atoms with van der Waals surface area (Å²) in [6.07, 6.45) is 5.12. The van der Waals surface area contributed by atoms with Crippen molar-refractivity contribution in [1.82, 2.24) is 19.3 Å². The smallest absolute Gasteiger partial charge is 0.218 e. The zero-order chi connectivity index (χ0) is 16.7. The van der Waals surface area contributed by atoms with E-state index in [1.807, 2.05) is 10.9 Å². The van der Waals surface area contributed by atoms with Crippen LogP contribution >= 0.6 is 11.6 Å². The second-order valence-corrected chi connectivity index (χ2v) is 8.99. The minimum atomic E-state index is -3.35. The lowest BCUT2D eigenvalue weighted by molar-refractivity contribution is 0.428. The number of benzene rings is 1. The molecule has 2 aromatic rings. The lowest BCUT2D eigenvalue weighted by Gasteiger charge is -2.16. The predicted octanol–water partition coefficient (Wildman–Crippen LogP) is 2.59. The summed E-state index contributed by atoms with van der Waals surface area (Å²) in [5.74, 6) is 0.535. The van der Waals surface area contributed by atoms with Crippen LogP contribution in [0.5, 0.6) is 0 Å². The van der Waals surface area contributed by atoms with Crippen molar-refractivity contribution in [3.05, 3.63) is 46.7 Å². The standard InChI is InChI=1S/C16H19ClN4O2S/c17-14-3-1-2-12(8-14)11-24(22,23)20-7-6-15(9-20)21-10-16(18-19-21)13-4-5-13/h1-3,8,10,13,15H,4-7,9,11H2. The van der Waals surface area contributed by atoms with E-state index in [4.69, 9.17) is 11.6 Å². The van der Waals surface area contributed by atoms with Gasteiger partial charge in [-0.05, 0) is 37.0 Å². The van der Waals surface area contributed by atoms with Gasteiger partial charge in [0.25, 0.3) is 0 Å². The van der Waals surface area contributed by atoms with Crippen LogP contribution < -0.4 is 0 Å². The highest BCUT2D eigenvalue weighted by Crippen LogP contribution is 2.39. The molecule has 24 heavy (non-hydrogen) atoms. The van der Waals surface area contributed by atoms with Gasteiger partial charge in [0.2, 0.25) is 10.0 Å². The minimum absolute atomic E-state index is 0.0229. The quantitative estimate of drug-likeness (QED) is 0.815. The number of nitrogens with zero attached hydrogens (tertiary/aromatic N) is 4. The van der Waals surface area contributed by atoms with E-state index in [9.17, 15) is 8.42 Å². The van der Waals surface area contributed by atoms with E-state index in [0.717, 1.165) is 12.1 Å². The van der Waals surface area contributed by atoms with Gasteiger partial charge in [0.15, 0.2) is 0 Å². The molecular weight excluding hydrogens is 348 g/mol. The molecule has 8 heteroatoms. The molecule has 6 nitrogen and oxygen atoms in total. The van der Waals surface area contributed by atoms with Crippen molar-refractivity contribution < 1.29 is 8.42 Å². The third-order valence-corrected chi connectivity index (χ3v) is 6.71. The van der Waals surface area contributed by atoms with E-state index in [2.05, 4.69) is 10.3 Å². The van der Waals surface area contributed by atoms with Crippen molar-refractivity contribution in [2.24, 2.45) is 0 Å². The molecule has 1 unspecified atom stereocenters. The van der Waals surface area contributed by atoms with Gasteiger partial charge in [-0.1, -0.05) is 28.9 Å². The van der Waals surface area contributed by atoms with Gasteiger partial charge in [0.05, 0.1) is 17.5 Å². The first-order valence-corrected chi connectivity index (χ1v) is 10.1. The first-order valence-electron chi connectivity index (χ1n) is 8.15. The highest BCUT2D eigenvalue weighted by molar-refractivity contribution is 7.88. The number of rotatable bonds is 5. The first-order chi connectivity index (χ1) is 11.5. The molecule has 1 saturated heterocycles. The van der Waals surface area contributed by atoms with Gasteiger partial charge in [-0.3, -0.25) is 0 Å². The Kier molecular flexibility index (Phi) is 4.10. The molecule has 0 N–H and O–H groups in total. The summed E-state index contributed by atoms with van der Waals surface area (Å²) >= 11 is 5.94. The van der Waals surface area contributed by atoms with E-state index >= 15 is 0 Å². The molecule has 1 aromatic heterocycles. The van der Waals surface area contributed by atoms with E-state index in [1.54, 1.807) is 28.6 Å². The molecule has 128 valence electrons. The summed E-state index contributed by atoms with van der Waals surface area (Å²) in [6.45, 7) is 0.975. The number of aromatic nitrogens is 3. The van der Waals surface area contributed by atoms with Crippen LogP contribution in [-0.4, -0.2) is 40.8 Å². The normalized spacial score (nSPS) is 22.1. The molecule has 0 spiro atoms. The number of hydrogen-bond donors (Lipinski definition) is 0. The molecule has 1 aliphatic carbocycles. The Morgan fingerprint density at radius 2 is 2.08 bits per heavy atom. The second kappa shape index (κ2) is 6.13. The number of sulfonamides is 1. The maximum atomic E-state index is 12.7. The summed E-state index contributed by atoms with van der Waals surface area (Å²) < 4.78 is 28.7. The summed E-state index contributed by atoms with van der Waals surface area (Å²) in [4.78, 5) is 0. The fraction of sp³-hybridized carbons (Fsp3) is 0.500. The minimum Gasteiger partial charge on any atom is -0.248 e. The molecule has 0 radical (unpaired) electrons. The van der Waals surface area contributed by atoms with Crippen molar-refractivity contribution in [2.45, 2.75) is 37.0 Å². The molecule has 1 saturated carbocycles. The van der Waals surface area contributed by atoms with E-state index in [1.165, 1.54) is 12.8 Å². The highest BCUT2D eigenvalue weighted by Gasteiger charge is 2.34. The molecular formula is C16H19ClN4O2S. The molecule has 2 heterocycles. The number of hydrogen-bond acceptors (Lipinski definition) is 4. The fourth-order valence-corrected chi connectivity index (χ4v) is 4.92. The van der Waals surface area contributed by atoms with Crippen molar-refractivity contribution in [3.8, 4) is 0 Å². The summed E-state index contributed by atoms with van der Waals surface area (Å²) in [5, 5.41) is 8.97. The van der Waals surface area contributed by atoms with Gasteiger partial charge < -0.3 is 0 Å². The van der Waals surface area contributed by atoms with E-state index < -0.39 is 10.0 Å². The van der Waals surface area contributed by atoms with E-state index in [0.29, 0.717) is 29.6 Å². The highest BCUT2D eigenvalue weighted by atomic mass is 35.5. The van der Waals surface area contributed by atoms with Crippen molar-refractivity contribution in [1.29, 1.82) is 0 Å². The molecule has 2 fully saturated rings. The van der Waals surface area contributed by atoms with Crippen molar-refractivity contribution in [2.75, 3.05) is 13.1 Å². The SMILES string of the molecule is O=S(=O)(Cc1cccc(Cl)c1)N1CCC(n2cc(C3CC3)nn2)C1. The molecule has 4 rings (SSSR count). The van der Waals surface area contributed by atoms with Crippen LogP contribution in [0.15, 0.2) is 30.5 Å². The Hall–Kier alpha value is -1.44. The zero-order valence-electron chi connectivity index (χ0n) is 13.2. The Balaban J connectivity index is 1.44. The summed E-state index contributed by atoms with van der Waals surface area (Å²) in [6, 6.07) is 7.07. The lowest BCUT2D eigenvalue weighted by Crippen LogP contribution is -2.30. The second-order valence-electron chi connectivity index (χ2n) is 6.58. The maximum Gasteiger partial charge on any atom is 0.218 e. The summed E-state index contributed by atoms with van der Waals surface area (Å²) in [7, 11) is -3.35. The topological polar surface area (TPSA) is 68.1 Å². The van der Waals surface area contributed by atoms with Crippen molar-refractivity contribution >= 4 is 21.6 Å². The average Bonchev–Trinajstić information content (AvgIpc) is 3.07. The predicted molar refractivity (Wildman–Crippen MR) is 91.3 cm³/mol. The van der Waals surface area contributed by atoms with Crippen LogP contribution in [0, 0.1) is 0 Å². The van der Waals surface area contributed by atoms with Crippen LogP contribution in [0.2, 0.25) is 5.02 Å². The largest absolute Gasteiger partial charge is 0.248 e. The Morgan fingerprint density at radius 1 is 1.25 bits per heavy atom. The Bertz CT molecular complexity index is 847. The third kappa shape index (κ3) is 3.34. The molecule has 0 amide bonds. The van der Waals surface area contributed by atoms with Crippen molar-refractivity contribution in [3.63, 3.8) is 0 Å². The molecule has 0 bridgehead atoms. The van der Waals surface area contributed by atoms with Gasteiger partial charge in [-0.15, -0.1) is 5.10 Å². The summed E-state index contributed by atoms with van der Waals surface area (Å²) in [5.41, 5.74) is 1.75. The maximum absolute atomic E-state index is 12.7. The van der Waals surface area contributed by atoms with Crippen LogP contribution in [0.25, 0.3) is 0 Å². The monoisotopic (exact) mass is 366 g/mol. The number of halogens is 1. The van der Waals surface area contributed by atoms with Crippen LogP contribution in [0.3, 0.4) is 0 Å². The first kappa shape index (κ1) is 16.1. The Labute approximate surface area is 146 Å². The van der Waals surface area contributed by atoms with Gasteiger partial charge in [-0.25, -0.2) is 13.1 Å². The van der Waals surface area contributed by atoms with E-state index in [-0.39, 0.29) is 11.8 Å². The molecule has 1 aromatic carbocycles. The Morgan fingerprint density at radius 3 is 2.83 bits per heavy atom. The van der Waals surface area contributed by atoms with Crippen LogP contribution in [0.1, 0.15) is 42.5 Å². The fourth-order valence-electron chi connectivity index (χ4n) is 3.14. The van der Waals surface area contributed by atoms with Gasteiger partial charge in [0.1, 0.15) is 0 Å². The van der Waals surface area contributed by atoms with Gasteiger partial charge >= 0.3 is 0 Å². The average molecular weight is 367 g/mol. The third-order valence-electron chi connectivity index (χ3n) is 4.66.